The molecule has 1 aliphatic heterocycles. The van der Waals surface area contributed by atoms with Crippen molar-refractivity contribution in [3.05, 3.63) is 43.7 Å². The number of rotatable bonds is 1. The molecule has 4 heteroatoms. The second kappa shape index (κ2) is 3.47. The highest BCUT2D eigenvalue weighted by Crippen LogP contribution is 2.44. The lowest BCUT2D eigenvalue weighted by Gasteiger charge is -2.27. The van der Waals surface area contributed by atoms with Crippen molar-refractivity contribution in [1.82, 2.24) is 0 Å². The first-order chi connectivity index (χ1) is 9.20. The molecular formula is C15H12O4. The van der Waals surface area contributed by atoms with E-state index in [1.54, 1.807) is 0 Å². The predicted octanol–water partition coefficient (Wildman–Crippen LogP) is 1.73. The van der Waals surface area contributed by atoms with Gasteiger partial charge in [0.2, 0.25) is 17.7 Å². The van der Waals surface area contributed by atoms with Gasteiger partial charge in [-0.15, -0.1) is 0 Å². The van der Waals surface area contributed by atoms with Gasteiger partial charge in [0.05, 0.1) is 0 Å². The minimum Gasteiger partial charge on any atom is -0.454 e. The fourth-order valence-corrected chi connectivity index (χ4v) is 3.17. The van der Waals surface area contributed by atoms with Crippen molar-refractivity contribution >= 4 is 0 Å². The van der Waals surface area contributed by atoms with Gasteiger partial charge in [0.1, 0.15) is 0 Å². The van der Waals surface area contributed by atoms with Gasteiger partial charge in [0.25, 0.3) is 0 Å². The van der Waals surface area contributed by atoms with Crippen LogP contribution in [0.5, 0.6) is 11.5 Å². The lowest BCUT2D eigenvalue weighted by atomic mass is 9.74. The van der Waals surface area contributed by atoms with Crippen LogP contribution in [-0.4, -0.2) is 6.79 Å². The molecule has 0 unspecified atom stereocenters. The van der Waals surface area contributed by atoms with E-state index < -0.39 is 0 Å². The molecule has 0 aromatic heterocycles. The van der Waals surface area contributed by atoms with Gasteiger partial charge in [0, 0.05) is 11.1 Å². The van der Waals surface area contributed by atoms with Gasteiger partial charge in [0.15, 0.2) is 11.5 Å². The van der Waals surface area contributed by atoms with Crippen LogP contribution in [0.3, 0.4) is 0 Å². The number of ether oxygens (including phenoxy) is 2. The van der Waals surface area contributed by atoms with Crippen LogP contribution in [0.25, 0.3) is 11.1 Å². The van der Waals surface area contributed by atoms with Gasteiger partial charge >= 0.3 is 0 Å². The normalized spacial score (nSPS) is 19.3. The summed E-state index contributed by atoms with van der Waals surface area (Å²) in [5.41, 5.74) is 2.61. The Kier molecular flexibility index (Phi) is 1.97. The second-order valence-electron chi connectivity index (χ2n) is 5.12. The largest absolute Gasteiger partial charge is 0.454 e. The second-order valence-corrected chi connectivity index (χ2v) is 5.12. The predicted molar refractivity (Wildman–Crippen MR) is 69.6 cm³/mol. The topological polar surface area (TPSA) is 52.6 Å². The summed E-state index contributed by atoms with van der Waals surface area (Å²) < 4.78 is 10.7. The summed E-state index contributed by atoms with van der Waals surface area (Å²) >= 11 is 0. The van der Waals surface area contributed by atoms with Gasteiger partial charge in [-0.3, -0.25) is 9.59 Å². The van der Waals surface area contributed by atoms with Crippen LogP contribution in [0.1, 0.15) is 30.4 Å². The van der Waals surface area contributed by atoms with Crippen molar-refractivity contribution in [3.63, 3.8) is 0 Å². The monoisotopic (exact) mass is 256 g/mol. The van der Waals surface area contributed by atoms with Crippen LogP contribution in [-0.2, 0) is 6.42 Å². The lowest BCUT2D eigenvalue weighted by molar-refractivity contribution is 0.174. The molecule has 4 nitrogen and oxygen atoms in total. The SMILES string of the molecule is CC[C@@H]1Cc2cc3c(cc2-c2c1c(=O)c2=O)OCO3. The minimum atomic E-state index is -0.353. The molecular weight excluding hydrogens is 244 g/mol. The summed E-state index contributed by atoms with van der Waals surface area (Å²) in [5.74, 6) is 1.55. The smallest absolute Gasteiger partial charge is 0.234 e. The maximum Gasteiger partial charge on any atom is 0.234 e. The molecule has 2 aliphatic rings. The quantitative estimate of drug-likeness (QED) is 0.729. The maximum atomic E-state index is 11.8. The third-order valence-corrected chi connectivity index (χ3v) is 4.18. The average Bonchev–Trinajstić information content (AvgIpc) is 2.88. The van der Waals surface area contributed by atoms with E-state index in [2.05, 4.69) is 0 Å². The first kappa shape index (κ1) is 10.8. The molecule has 0 spiro atoms. The third-order valence-electron chi connectivity index (χ3n) is 4.18. The number of hydrogen-bond donors (Lipinski definition) is 0. The molecule has 0 radical (unpaired) electrons. The highest BCUT2D eigenvalue weighted by atomic mass is 16.7. The van der Waals surface area contributed by atoms with Crippen molar-refractivity contribution < 1.29 is 9.47 Å². The Morgan fingerprint density at radius 3 is 2.63 bits per heavy atom. The summed E-state index contributed by atoms with van der Waals surface area (Å²) in [6.07, 6.45) is 1.66. The highest BCUT2D eigenvalue weighted by Gasteiger charge is 2.35. The zero-order valence-electron chi connectivity index (χ0n) is 10.5. The van der Waals surface area contributed by atoms with Gasteiger partial charge in [-0.05, 0) is 42.0 Å². The summed E-state index contributed by atoms with van der Waals surface area (Å²) in [7, 11) is 0. The molecule has 0 fully saturated rings. The van der Waals surface area contributed by atoms with Crippen molar-refractivity contribution in [3.8, 4) is 22.6 Å². The molecule has 1 heterocycles. The van der Waals surface area contributed by atoms with Crippen LogP contribution >= 0.6 is 0 Å². The van der Waals surface area contributed by atoms with Crippen LogP contribution in [0, 0.1) is 0 Å². The molecule has 0 saturated carbocycles. The zero-order chi connectivity index (χ0) is 13.1. The molecule has 0 saturated heterocycles. The van der Waals surface area contributed by atoms with E-state index in [9.17, 15) is 9.59 Å². The summed E-state index contributed by atoms with van der Waals surface area (Å²) in [6.45, 7) is 2.26. The summed E-state index contributed by atoms with van der Waals surface area (Å²) in [5, 5.41) is 0. The molecule has 0 bridgehead atoms. The van der Waals surface area contributed by atoms with Crippen LogP contribution in [0.4, 0.5) is 0 Å². The van der Waals surface area contributed by atoms with Gasteiger partial charge in [-0.1, -0.05) is 6.92 Å². The maximum absolute atomic E-state index is 11.8. The van der Waals surface area contributed by atoms with Gasteiger partial charge in [-0.25, -0.2) is 0 Å². The van der Waals surface area contributed by atoms with E-state index in [0.29, 0.717) is 11.3 Å². The number of fused-ring (bicyclic) bond motifs is 4. The van der Waals surface area contributed by atoms with Gasteiger partial charge < -0.3 is 9.47 Å². The average molecular weight is 256 g/mol. The Hall–Kier alpha value is -2.10. The molecule has 1 atom stereocenters. The van der Waals surface area contributed by atoms with Crippen molar-refractivity contribution in [1.29, 1.82) is 0 Å². The van der Waals surface area contributed by atoms with E-state index in [4.69, 9.17) is 9.47 Å². The van der Waals surface area contributed by atoms with Crippen molar-refractivity contribution in [2.45, 2.75) is 25.7 Å². The Bertz CT molecular complexity index is 765. The van der Waals surface area contributed by atoms with E-state index >= 15 is 0 Å². The van der Waals surface area contributed by atoms with Crippen LogP contribution in [0.15, 0.2) is 21.7 Å². The zero-order valence-corrected chi connectivity index (χ0v) is 10.5. The number of hydrogen-bond acceptors (Lipinski definition) is 4. The Morgan fingerprint density at radius 2 is 1.89 bits per heavy atom. The van der Waals surface area contributed by atoms with Gasteiger partial charge in [-0.2, -0.15) is 0 Å². The fraction of sp³-hybridized carbons (Fsp3) is 0.333. The van der Waals surface area contributed by atoms with Crippen LogP contribution < -0.4 is 20.3 Å². The van der Waals surface area contributed by atoms with E-state index in [1.807, 2.05) is 19.1 Å². The minimum absolute atomic E-state index is 0.160. The van der Waals surface area contributed by atoms with E-state index in [-0.39, 0.29) is 23.6 Å². The first-order valence-corrected chi connectivity index (χ1v) is 6.46. The lowest BCUT2D eigenvalue weighted by Crippen LogP contribution is -2.41. The Balaban J connectivity index is 1.98. The van der Waals surface area contributed by atoms with E-state index in [0.717, 1.165) is 35.3 Å². The standard InChI is InChI=1S/C15H12O4/c1-2-7-3-8-4-10-11(19-6-18-10)5-9(8)13-12(7)14(16)15(13)17/h4-5,7H,2-3,6H2,1H3/t7-/m1/s1. The molecule has 1 aliphatic carbocycles. The van der Waals surface area contributed by atoms with Crippen molar-refractivity contribution in [2.24, 2.45) is 0 Å². The number of benzene rings is 1. The molecule has 19 heavy (non-hydrogen) atoms. The molecule has 2 aromatic rings. The Morgan fingerprint density at radius 1 is 1.16 bits per heavy atom. The molecule has 2 aromatic carbocycles. The molecule has 0 amide bonds. The molecule has 0 N–H and O–H groups in total. The summed E-state index contributed by atoms with van der Waals surface area (Å²) in [6, 6.07) is 3.78. The summed E-state index contributed by atoms with van der Waals surface area (Å²) in [4.78, 5) is 23.6. The third kappa shape index (κ3) is 1.23. The first-order valence-electron chi connectivity index (χ1n) is 6.46. The fourth-order valence-electron chi connectivity index (χ4n) is 3.17. The van der Waals surface area contributed by atoms with E-state index in [1.165, 1.54) is 0 Å². The molecule has 4 rings (SSSR count). The molecule has 96 valence electrons. The van der Waals surface area contributed by atoms with Crippen LogP contribution in [0.2, 0.25) is 0 Å². The highest BCUT2D eigenvalue weighted by molar-refractivity contribution is 5.79. The van der Waals surface area contributed by atoms with Crippen molar-refractivity contribution in [2.75, 3.05) is 6.79 Å². The Labute approximate surface area is 109 Å².